The molecule has 2 aliphatic rings. The van der Waals surface area contributed by atoms with Crippen molar-refractivity contribution in [2.75, 3.05) is 26.7 Å². The maximum absolute atomic E-state index is 12.3. The van der Waals surface area contributed by atoms with Crippen molar-refractivity contribution in [3.8, 4) is 0 Å². The Morgan fingerprint density at radius 3 is 2.60 bits per heavy atom. The number of carboxylic acids is 1. The van der Waals surface area contributed by atoms with Crippen LogP contribution in [-0.2, 0) is 4.79 Å². The number of carbonyl (C=O) groups excluding carboxylic acids is 1. The van der Waals surface area contributed by atoms with E-state index in [1.807, 2.05) is 6.92 Å². The van der Waals surface area contributed by atoms with Crippen molar-refractivity contribution in [3.63, 3.8) is 0 Å². The highest BCUT2D eigenvalue weighted by atomic mass is 16.4. The average molecular weight is 283 g/mol. The molecule has 2 rings (SSSR count). The Bertz CT molecular complexity index is 375. The summed E-state index contributed by atoms with van der Waals surface area (Å²) < 4.78 is 0. The van der Waals surface area contributed by atoms with Crippen LogP contribution in [0.3, 0.4) is 0 Å². The fraction of sp³-hybridized carbons (Fsp3) is 0.857. The standard InChI is InChI=1S/C14H25N3O3/c1-10-8-11(13(18)19)5-7-17(10)14(20)15-12-4-3-6-16(2)9-12/h10-12H,3-9H2,1-2H3,(H,15,20)(H,18,19). The first kappa shape index (κ1) is 15.1. The molecule has 3 atom stereocenters. The number of carboxylic acid groups (broad SMARTS) is 1. The van der Waals surface area contributed by atoms with Gasteiger partial charge in [0.2, 0.25) is 0 Å². The molecule has 0 aliphatic carbocycles. The smallest absolute Gasteiger partial charge is 0.317 e. The summed E-state index contributed by atoms with van der Waals surface area (Å²) in [6.45, 7) is 4.45. The molecule has 2 heterocycles. The van der Waals surface area contributed by atoms with Gasteiger partial charge in [0.1, 0.15) is 0 Å². The summed E-state index contributed by atoms with van der Waals surface area (Å²) in [5.41, 5.74) is 0. The zero-order chi connectivity index (χ0) is 14.7. The van der Waals surface area contributed by atoms with E-state index in [1.165, 1.54) is 0 Å². The quantitative estimate of drug-likeness (QED) is 0.792. The topological polar surface area (TPSA) is 72.9 Å². The second-order valence-electron chi connectivity index (χ2n) is 6.15. The highest BCUT2D eigenvalue weighted by Gasteiger charge is 2.33. The van der Waals surface area contributed by atoms with E-state index in [-0.39, 0.29) is 24.0 Å². The number of amides is 2. The number of carbonyl (C=O) groups is 2. The number of likely N-dealkylation sites (tertiary alicyclic amines) is 2. The second kappa shape index (κ2) is 6.43. The van der Waals surface area contributed by atoms with Crippen LogP contribution in [0.25, 0.3) is 0 Å². The largest absolute Gasteiger partial charge is 0.481 e. The summed E-state index contributed by atoms with van der Waals surface area (Å²) in [6.07, 6.45) is 3.24. The van der Waals surface area contributed by atoms with Crippen LogP contribution in [0.15, 0.2) is 0 Å². The molecule has 0 radical (unpaired) electrons. The van der Waals surface area contributed by atoms with Gasteiger partial charge in [-0.3, -0.25) is 4.79 Å². The lowest BCUT2D eigenvalue weighted by Crippen LogP contribution is -2.55. The molecule has 0 saturated carbocycles. The first-order valence-electron chi connectivity index (χ1n) is 7.46. The van der Waals surface area contributed by atoms with Crippen LogP contribution in [0.5, 0.6) is 0 Å². The third-order valence-electron chi connectivity index (χ3n) is 4.44. The van der Waals surface area contributed by atoms with Gasteiger partial charge in [0, 0.05) is 25.2 Å². The van der Waals surface area contributed by atoms with Crippen molar-refractivity contribution in [1.82, 2.24) is 15.1 Å². The molecule has 2 aliphatic heterocycles. The SMILES string of the molecule is CC1CC(C(=O)O)CCN1C(=O)NC1CCCN(C)C1. The Morgan fingerprint density at radius 1 is 1.25 bits per heavy atom. The molecule has 0 aromatic rings. The number of rotatable bonds is 2. The van der Waals surface area contributed by atoms with Crippen LogP contribution < -0.4 is 5.32 Å². The average Bonchev–Trinajstić information content (AvgIpc) is 2.38. The molecule has 0 aromatic heterocycles. The number of aliphatic carboxylic acids is 1. The van der Waals surface area contributed by atoms with Gasteiger partial charge in [0.15, 0.2) is 0 Å². The van der Waals surface area contributed by atoms with Gasteiger partial charge in [0.05, 0.1) is 5.92 Å². The van der Waals surface area contributed by atoms with Gasteiger partial charge in [-0.1, -0.05) is 0 Å². The minimum Gasteiger partial charge on any atom is -0.481 e. The highest BCUT2D eigenvalue weighted by Crippen LogP contribution is 2.23. The van der Waals surface area contributed by atoms with Crippen LogP contribution in [0.1, 0.15) is 32.6 Å². The predicted octanol–water partition coefficient (Wildman–Crippen LogP) is 0.975. The van der Waals surface area contributed by atoms with Crippen LogP contribution in [-0.4, -0.2) is 65.7 Å². The molecular weight excluding hydrogens is 258 g/mol. The molecule has 0 aromatic carbocycles. The van der Waals surface area contributed by atoms with Gasteiger partial charge in [-0.25, -0.2) is 4.79 Å². The summed E-state index contributed by atoms with van der Waals surface area (Å²) in [5.74, 6) is -1.05. The molecule has 2 saturated heterocycles. The summed E-state index contributed by atoms with van der Waals surface area (Å²) >= 11 is 0. The van der Waals surface area contributed by atoms with Gasteiger partial charge >= 0.3 is 12.0 Å². The zero-order valence-electron chi connectivity index (χ0n) is 12.3. The van der Waals surface area contributed by atoms with E-state index in [0.29, 0.717) is 19.4 Å². The Kier molecular flexibility index (Phi) is 4.86. The van der Waals surface area contributed by atoms with Crippen molar-refractivity contribution < 1.29 is 14.7 Å². The Hall–Kier alpha value is -1.30. The molecule has 3 unspecified atom stereocenters. The van der Waals surface area contributed by atoms with Crippen LogP contribution >= 0.6 is 0 Å². The van der Waals surface area contributed by atoms with Crippen LogP contribution in [0.4, 0.5) is 4.79 Å². The summed E-state index contributed by atoms with van der Waals surface area (Å²) in [5, 5.41) is 12.1. The summed E-state index contributed by atoms with van der Waals surface area (Å²) in [7, 11) is 2.07. The van der Waals surface area contributed by atoms with Gasteiger partial charge in [-0.2, -0.15) is 0 Å². The molecule has 6 heteroatoms. The normalized spacial score (nSPS) is 31.9. The van der Waals surface area contributed by atoms with Crippen LogP contribution in [0.2, 0.25) is 0 Å². The fourth-order valence-corrected chi connectivity index (χ4v) is 3.24. The Morgan fingerprint density at radius 2 is 2.00 bits per heavy atom. The first-order valence-corrected chi connectivity index (χ1v) is 7.46. The first-order chi connectivity index (χ1) is 9.47. The molecule has 20 heavy (non-hydrogen) atoms. The highest BCUT2D eigenvalue weighted by molar-refractivity contribution is 5.76. The lowest BCUT2D eigenvalue weighted by atomic mass is 9.92. The van der Waals surface area contributed by atoms with Crippen molar-refractivity contribution in [3.05, 3.63) is 0 Å². The molecule has 114 valence electrons. The maximum atomic E-state index is 12.3. The van der Waals surface area contributed by atoms with E-state index in [1.54, 1.807) is 4.90 Å². The monoisotopic (exact) mass is 283 g/mol. The van der Waals surface area contributed by atoms with Crippen LogP contribution in [0, 0.1) is 5.92 Å². The van der Waals surface area contributed by atoms with Crippen molar-refractivity contribution in [1.29, 1.82) is 0 Å². The van der Waals surface area contributed by atoms with Gasteiger partial charge in [0.25, 0.3) is 0 Å². The van der Waals surface area contributed by atoms with Crippen molar-refractivity contribution in [2.45, 2.75) is 44.7 Å². The van der Waals surface area contributed by atoms with E-state index in [4.69, 9.17) is 5.11 Å². The number of nitrogens with zero attached hydrogens (tertiary/aromatic N) is 2. The fourth-order valence-electron chi connectivity index (χ4n) is 3.24. The van der Waals surface area contributed by atoms with Gasteiger partial charge < -0.3 is 20.2 Å². The minimum atomic E-state index is -0.745. The molecule has 2 fully saturated rings. The predicted molar refractivity (Wildman–Crippen MR) is 75.6 cm³/mol. The molecule has 2 amide bonds. The van der Waals surface area contributed by atoms with E-state index >= 15 is 0 Å². The van der Waals surface area contributed by atoms with Crippen molar-refractivity contribution in [2.24, 2.45) is 5.92 Å². The lowest BCUT2D eigenvalue weighted by molar-refractivity contribution is -0.143. The number of piperidine rings is 2. The molecule has 0 spiro atoms. The van der Waals surface area contributed by atoms with Crippen molar-refractivity contribution >= 4 is 12.0 Å². The molecule has 2 N–H and O–H groups in total. The summed E-state index contributed by atoms with van der Waals surface area (Å²) in [6, 6.07) is 0.165. The molecular formula is C14H25N3O3. The lowest BCUT2D eigenvalue weighted by Gasteiger charge is -2.38. The second-order valence-corrected chi connectivity index (χ2v) is 6.15. The Balaban J connectivity index is 1.85. The maximum Gasteiger partial charge on any atom is 0.317 e. The van der Waals surface area contributed by atoms with E-state index in [9.17, 15) is 9.59 Å². The minimum absolute atomic E-state index is 0.00818. The third kappa shape index (κ3) is 3.62. The zero-order valence-corrected chi connectivity index (χ0v) is 12.3. The number of likely N-dealkylation sites (N-methyl/N-ethyl adjacent to an activating group) is 1. The van der Waals surface area contributed by atoms with Gasteiger partial charge in [-0.15, -0.1) is 0 Å². The third-order valence-corrected chi connectivity index (χ3v) is 4.44. The number of hydrogen-bond acceptors (Lipinski definition) is 3. The van der Waals surface area contributed by atoms with E-state index in [0.717, 1.165) is 25.9 Å². The number of urea groups is 1. The van der Waals surface area contributed by atoms with Gasteiger partial charge in [-0.05, 0) is 46.2 Å². The molecule has 0 bridgehead atoms. The Labute approximate surface area is 120 Å². The molecule has 6 nitrogen and oxygen atoms in total. The van der Waals surface area contributed by atoms with E-state index < -0.39 is 5.97 Å². The van der Waals surface area contributed by atoms with E-state index in [2.05, 4.69) is 17.3 Å². The number of nitrogens with one attached hydrogen (secondary N) is 1. The number of hydrogen-bond donors (Lipinski definition) is 2. The summed E-state index contributed by atoms with van der Waals surface area (Å²) in [4.78, 5) is 27.3.